The number of nitrogens with one attached hydrogen (secondary N) is 1. The largest absolute Gasteiger partial charge is 0.504 e. The number of benzene rings is 2. The van der Waals surface area contributed by atoms with E-state index in [1.807, 2.05) is 0 Å². The van der Waals surface area contributed by atoms with Gasteiger partial charge in [0.2, 0.25) is 0 Å². The molecule has 3 amide bonds. The van der Waals surface area contributed by atoms with E-state index in [1.54, 1.807) is 63.4 Å². The SMILES string of the molecule is CCOc1cccc(/C=N/N2C(=O)N[C@](C)(c3ccc(OC)cc3)C2=O)c1O. The normalized spacial score (nSPS) is 19.2. The van der Waals surface area contributed by atoms with Crippen LogP contribution in [0.3, 0.4) is 0 Å². The van der Waals surface area contributed by atoms with Crippen molar-refractivity contribution in [2.24, 2.45) is 5.10 Å². The Morgan fingerprint density at radius 1 is 1.21 bits per heavy atom. The van der Waals surface area contributed by atoms with E-state index in [2.05, 4.69) is 10.4 Å². The summed E-state index contributed by atoms with van der Waals surface area (Å²) in [6.07, 6.45) is 1.25. The molecule has 1 fully saturated rings. The van der Waals surface area contributed by atoms with Crippen LogP contribution in [0.15, 0.2) is 47.6 Å². The third-order valence-corrected chi connectivity index (χ3v) is 4.48. The number of carbonyl (C=O) groups is 2. The van der Waals surface area contributed by atoms with E-state index in [4.69, 9.17) is 9.47 Å². The number of phenolic OH excluding ortho intramolecular Hbond substituents is 1. The molecule has 0 spiro atoms. The highest BCUT2D eigenvalue weighted by molar-refractivity contribution is 6.07. The first kappa shape index (κ1) is 19.2. The fourth-order valence-corrected chi connectivity index (χ4v) is 2.88. The number of amides is 3. The Kier molecular flexibility index (Phi) is 5.21. The maximum atomic E-state index is 12.9. The number of nitrogens with zero attached hydrogens (tertiary/aromatic N) is 2. The molecule has 8 nitrogen and oxygen atoms in total. The first-order chi connectivity index (χ1) is 13.4. The van der Waals surface area contributed by atoms with Crippen molar-refractivity contribution in [1.29, 1.82) is 0 Å². The Balaban J connectivity index is 1.86. The van der Waals surface area contributed by atoms with Crippen LogP contribution in [0.4, 0.5) is 4.79 Å². The molecule has 0 aromatic heterocycles. The fourth-order valence-electron chi connectivity index (χ4n) is 2.88. The number of aromatic hydroxyl groups is 1. The zero-order valence-electron chi connectivity index (χ0n) is 15.8. The molecular formula is C20H21N3O5. The number of ether oxygens (including phenoxy) is 2. The van der Waals surface area contributed by atoms with Crippen molar-refractivity contribution in [3.05, 3.63) is 53.6 Å². The maximum Gasteiger partial charge on any atom is 0.346 e. The van der Waals surface area contributed by atoms with E-state index in [1.165, 1.54) is 6.21 Å². The van der Waals surface area contributed by atoms with Gasteiger partial charge in [-0.3, -0.25) is 4.79 Å². The maximum absolute atomic E-state index is 12.9. The van der Waals surface area contributed by atoms with Crippen molar-refractivity contribution in [3.8, 4) is 17.2 Å². The molecule has 0 bridgehead atoms. The molecule has 1 aliphatic rings. The molecular weight excluding hydrogens is 362 g/mol. The minimum Gasteiger partial charge on any atom is -0.504 e. The smallest absolute Gasteiger partial charge is 0.346 e. The average Bonchev–Trinajstić information content (AvgIpc) is 2.92. The summed E-state index contributed by atoms with van der Waals surface area (Å²) in [7, 11) is 1.55. The molecule has 0 aliphatic carbocycles. The third kappa shape index (κ3) is 3.36. The second-order valence-corrected chi connectivity index (χ2v) is 6.27. The highest BCUT2D eigenvalue weighted by atomic mass is 16.5. The van der Waals surface area contributed by atoms with Crippen LogP contribution in [0.5, 0.6) is 17.2 Å². The predicted octanol–water partition coefficient (Wildman–Crippen LogP) is 2.60. The molecule has 0 radical (unpaired) electrons. The van der Waals surface area contributed by atoms with Crippen LogP contribution in [0.2, 0.25) is 0 Å². The Morgan fingerprint density at radius 2 is 1.93 bits per heavy atom. The van der Waals surface area contributed by atoms with Gasteiger partial charge in [0, 0.05) is 5.56 Å². The number of phenols is 1. The van der Waals surface area contributed by atoms with Gasteiger partial charge < -0.3 is 19.9 Å². The molecule has 28 heavy (non-hydrogen) atoms. The second-order valence-electron chi connectivity index (χ2n) is 6.27. The van der Waals surface area contributed by atoms with Crippen molar-refractivity contribution in [3.63, 3.8) is 0 Å². The molecule has 1 saturated heterocycles. The topological polar surface area (TPSA) is 100 Å². The van der Waals surface area contributed by atoms with E-state index in [0.29, 0.717) is 29.2 Å². The first-order valence-corrected chi connectivity index (χ1v) is 8.70. The van der Waals surface area contributed by atoms with Gasteiger partial charge in [0.1, 0.15) is 11.3 Å². The Hall–Kier alpha value is -3.55. The van der Waals surface area contributed by atoms with Crippen molar-refractivity contribution in [1.82, 2.24) is 10.3 Å². The van der Waals surface area contributed by atoms with Gasteiger partial charge in [0.25, 0.3) is 5.91 Å². The summed E-state index contributed by atoms with van der Waals surface area (Å²) in [5, 5.41) is 17.6. The van der Waals surface area contributed by atoms with E-state index in [-0.39, 0.29) is 5.75 Å². The molecule has 2 aromatic carbocycles. The number of hydrogen-bond donors (Lipinski definition) is 2. The summed E-state index contributed by atoms with van der Waals surface area (Å²) < 4.78 is 10.4. The molecule has 0 unspecified atom stereocenters. The number of para-hydroxylation sites is 1. The molecule has 3 rings (SSSR count). The van der Waals surface area contributed by atoms with Crippen LogP contribution in [-0.4, -0.2) is 42.0 Å². The first-order valence-electron chi connectivity index (χ1n) is 8.70. The number of carbonyl (C=O) groups excluding carboxylic acids is 2. The summed E-state index contributed by atoms with van der Waals surface area (Å²) in [4.78, 5) is 25.2. The number of urea groups is 1. The quantitative estimate of drug-likeness (QED) is 0.590. The van der Waals surface area contributed by atoms with Gasteiger partial charge in [-0.2, -0.15) is 5.10 Å². The minimum atomic E-state index is -1.25. The lowest BCUT2D eigenvalue weighted by Crippen LogP contribution is -2.40. The molecule has 1 atom stereocenters. The number of rotatable bonds is 6. The van der Waals surface area contributed by atoms with Crippen molar-refractivity contribution >= 4 is 18.2 Å². The summed E-state index contributed by atoms with van der Waals surface area (Å²) in [5.41, 5.74) is -0.328. The Bertz CT molecular complexity index is 926. The van der Waals surface area contributed by atoms with Gasteiger partial charge in [0.15, 0.2) is 11.5 Å². The zero-order valence-corrected chi connectivity index (χ0v) is 15.8. The lowest BCUT2D eigenvalue weighted by Gasteiger charge is -2.21. The predicted molar refractivity (Wildman–Crippen MR) is 103 cm³/mol. The third-order valence-electron chi connectivity index (χ3n) is 4.48. The number of hydrogen-bond acceptors (Lipinski definition) is 6. The number of imide groups is 1. The summed E-state index contributed by atoms with van der Waals surface area (Å²) >= 11 is 0. The molecule has 8 heteroatoms. The second kappa shape index (κ2) is 7.59. The zero-order chi connectivity index (χ0) is 20.3. The van der Waals surface area contributed by atoms with Gasteiger partial charge in [-0.25, -0.2) is 4.79 Å². The van der Waals surface area contributed by atoms with Crippen LogP contribution < -0.4 is 14.8 Å². The van der Waals surface area contributed by atoms with Crippen LogP contribution in [0, 0.1) is 0 Å². The summed E-state index contributed by atoms with van der Waals surface area (Å²) in [6, 6.07) is 11.1. The number of methoxy groups -OCH3 is 1. The van der Waals surface area contributed by atoms with Gasteiger partial charge in [0.05, 0.1) is 19.9 Å². The molecule has 146 valence electrons. The molecule has 2 aromatic rings. The average molecular weight is 383 g/mol. The molecule has 0 saturated carbocycles. The molecule has 1 aliphatic heterocycles. The van der Waals surface area contributed by atoms with Gasteiger partial charge >= 0.3 is 6.03 Å². The monoisotopic (exact) mass is 383 g/mol. The highest BCUT2D eigenvalue weighted by Crippen LogP contribution is 2.31. The Morgan fingerprint density at radius 3 is 2.57 bits per heavy atom. The fraction of sp³-hybridized carbons (Fsp3) is 0.250. The van der Waals surface area contributed by atoms with E-state index in [9.17, 15) is 14.7 Å². The van der Waals surface area contributed by atoms with Gasteiger partial charge in [-0.1, -0.05) is 18.2 Å². The molecule has 1 heterocycles. The summed E-state index contributed by atoms with van der Waals surface area (Å²) in [5.74, 6) is 0.299. The van der Waals surface area contributed by atoms with Crippen molar-refractivity contribution in [2.75, 3.05) is 13.7 Å². The van der Waals surface area contributed by atoms with Crippen LogP contribution in [0.1, 0.15) is 25.0 Å². The minimum absolute atomic E-state index is 0.113. The highest BCUT2D eigenvalue weighted by Gasteiger charge is 2.49. The van der Waals surface area contributed by atoms with Gasteiger partial charge in [-0.05, 0) is 43.7 Å². The van der Waals surface area contributed by atoms with Crippen LogP contribution >= 0.6 is 0 Å². The standard InChI is InChI=1S/C20H21N3O5/c1-4-28-16-7-5-6-13(17(16)24)12-21-23-18(25)20(2,22-19(23)26)14-8-10-15(27-3)11-9-14/h5-12,24H,4H2,1-3H3,(H,22,26)/b21-12+/t20-/m1/s1. The lowest BCUT2D eigenvalue weighted by molar-refractivity contribution is -0.131. The molecule has 2 N–H and O–H groups in total. The van der Waals surface area contributed by atoms with E-state index >= 15 is 0 Å². The van der Waals surface area contributed by atoms with Crippen molar-refractivity contribution in [2.45, 2.75) is 19.4 Å². The van der Waals surface area contributed by atoms with Gasteiger partial charge in [-0.15, -0.1) is 5.01 Å². The lowest BCUT2D eigenvalue weighted by atomic mass is 9.92. The Labute approximate surface area is 162 Å². The summed E-state index contributed by atoms with van der Waals surface area (Å²) in [6.45, 7) is 3.80. The van der Waals surface area contributed by atoms with E-state index in [0.717, 1.165) is 5.01 Å². The van der Waals surface area contributed by atoms with Crippen LogP contribution in [-0.2, 0) is 10.3 Å². The number of hydrazone groups is 1. The van der Waals surface area contributed by atoms with Crippen molar-refractivity contribution < 1.29 is 24.2 Å². The van der Waals surface area contributed by atoms with E-state index < -0.39 is 17.5 Å². The van der Waals surface area contributed by atoms with Crippen LogP contribution in [0.25, 0.3) is 0 Å².